The Morgan fingerprint density at radius 3 is 0.796 bits per heavy atom. The first kappa shape index (κ1) is 36.3. The lowest BCUT2D eigenvalue weighted by atomic mass is 9.88. The standard InChI is InChI=1S/C51H51N3/c1-4-34-16-22-37(23-17-34)28-40-10-7-13-46(49(40)52)43-31-44(47-14-8-11-41(50(47)53)29-38-24-18-35(5-2)19-25-38)33-45(32-43)48-15-9-12-42(51(48)54)30-39-26-20-36(6-3)21-27-39/h7-27,31-33H,4-6,28-30,52-54H2,1-3H3. The molecule has 0 aliphatic heterocycles. The molecule has 270 valence electrons. The van der Waals surface area contributed by atoms with Crippen LogP contribution in [0.3, 0.4) is 0 Å². The summed E-state index contributed by atoms with van der Waals surface area (Å²) in [5.41, 5.74) is 40.7. The summed E-state index contributed by atoms with van der Waals surface area (Å²) < 4.78 is 0. The number of anilines is 3. The van der Waals surface area contributed by atoms with Crippen molar-refractivity contribution in [3.05, 3.63) is 196 Å². The summed E-state index contributed by atoms with van der Waals surface area (Å²) >= 11 is 0. The zero-order valence-electron chi connectivity index (χ0n) is 31.8. The molecule has 7 rings (SSSR count). The normalized spacial score (nSPS) is 11.2. The van der Waals surface area contributed by atoms with Crippen molar-refractivity contribution in [3.8, 4) is 33.4 Å². The Morgan fingerprint density at radius 2 is 0.556 bits per heavy atom. The first-order chi connectivity index (χ1) is 26.3. The van der Waals surface area contributed by atoms with E-state index >= 15 is 0 Å². The Bertz CT molecular complexity index is 2090. The zero-order chi connectivity index (χ0) is 37.6. The largest absolute Gasteiger partial charge is 0.398 e. The molecule has 0 spiro atoms. The molecule has 0 atom stereocenters. The van der Waals surface area contributed by atoms with E-state index in [4.69, 9.17) is 17.2 Å². The number of nitrogens with two attached hydrogens (primary N) is 3. The fourth-order valence-corrected chi connectivity index (χ4v) is 7.49. The van der Waals surface area contributed by atoms with Crippen LogP contribution < -0.4 is 17.2 Å². The molecular formula is C51H51N3. The van der Waals surface area contributed by atoms with Gasteiger partial charge in [0, 0.05) is 33.8 Å². The first-order valence-electron chi connectivity index (χ1n) is 19.3. The number of nitrogen functional groups attached to an aromatic ring is 3. The van der Waals surface area contributed by atoms with Crippen molar-refractivity contribution < 1.29 is 0 Å². The zero-order valence-corrected chi connectivity index (χ0v) is 31.8. The topological polar surface area (TPSA) is 78.1 Å². The predicted octanol–water partition coefficient (Wildman–Crippen LogP) is 11.9. The summed E-state index contributed by atoms with van der Waals surface area (Å²) in [7, 11) is 0. The van der Waals surface area contributed by atoms with Crippen molar-refractivity contribution in [1.29, 1.82) is 0 Å². The van der Waals surface area contributed by atoms with Crippen molar-refractivity contribution in [2.75, 3.05) is 17.2 Å². The van der Waals surface area contributed by atoms with Crippen LogP contribution in [0, 0.1) is 0 Å². The van der Waals surface area contributed by atoms with Gasteiger partial charge in [-0.3, -0.25) is 0 Å². The third kappa shape index (κ3) is 7.96. The molecule has 3 nitrogen and oxygen atoms in total. The van der Waals surface area contributed by atoms with E-state index < -0.39 is 0 Å². The van der Waals surface area contributed by atoms with E-state index in [9.17, 15) is 0 Å². The number of hydrogen-bond donors (Lipinski definition) is 3. The average Bonchev–Trinajstić information content (AvgIpc) is 3.21. The van der Waals surface area contributed by atoms with E-state index in [1.54, 1.807) is 0 Å². The molecule has 0 aliphatic rings. The van der Waals surface area contributed by atoms with Gasteiger partial charge in [0.25, 0.3) is 0 Å². The SMILES string of the molecule is CCc1ccc(Cc2cccc(-c3cc(-c4cccc(Cc5ccc(CC)cc5)c4N)cc(-c4cccc(Cc5ccc(CC)cc5)c4N)c3)c2N)cc1. The van der Waals surface area contributed by atoms with Gasteiger partial charge in [-0.2, -0.15) is 0 Å². The van der Waals surface area contributed by atoms with Crippen LogP contribution in [-0.4, -0.2) is 0 Å². The van der Waals surface area contributed by atoms with Gasteiger partial charge in [0.2, 0.25) is 0 Å². The van der Waals surface area contributed by atoms with Crippen LogP contribution in [0.5, 0.6) is 0 Å². The Morgan fingerprint density at radius 1 is 0.315 bits per heavy atom. The van der Waals surface area contributed by atoms with Gasteiger partial charge in [0.1, 0.15) is 0 Å². The molecule has 0 heterocycles. The molecule has 3 heteroatoms. The number of rotatable bonds is 12. The number of hydrogen-bond acceptors (Lipinski definition) is 3. The van der Waals surface area contributed by atoms with Gasteiger partial charge < -0.3 is 17.2 Å². The highest BCUT2D eigenvalue weighted by Crippen LogP contribution is 2.41. The highest BCUT2D eigenvalue weighted by molar-refractivity contribution is 5.91. The van der Waals surface area contributed by atoms with E-state index in [0.29, 0.717) is 0 Å². The Kier molecular flexibility index (Phi) is 11.0. The van der Waals surface area contributed by atoms with Crippen molar-refractivity contribution >= 4 is 17.1 Å². The second-order valence-electron chi connectivity index (χ2n) is 14.5. The number of aryl methyl sites for hydroxylation is 3. The van der Waals surface area contributed by atoms with Gasteiger partial charge >= 0.3 is 0 Å². The van der Waals surface area contributed by atoms with Crippen LogP contribution in [0.1, 0.15) is 70.8 Å². The summed E-state index contributed by atoms with van der Waals surface area (Å²) in [6.07, 6.45) is 5.36. The third-order valence-electron chi connectivity index (χ3n) is 10.9. The number of benzene rings is 7. The second kappa shape index (κ2) is 16.3. The summed E-state index contributed by atoms with van der Waals surface area (Å²) in [5.74, 6) is 0. The average molecular weight is 706 g/mol. The molecule has 7 aromatic carbocycles. The van der Waals surface area contributed by atoms with E-state index in [1.165, 1.54) is 33.4 Å². The molecule has 6 N–H and O–H groups in total. The molecule has 54 heavy (non-hydrogen) atoms. The molecule has 0 radical (unpaired) electrons. The minimum absolute atomic E-state index is 0.763. The molecule has 0 saturated heterocycles. The van der Waals surface area contributed by atoms with Crippen molar-refractivity contribution in [2.24, 2.45) is 0 Å². The van der Waals surface area contributed by atoms with Gasteiger partial charge in [0.05, 0.1) is 0 Å². The van der Waals surface area contributed by atoms with Gasteiger partial charge in [-0.25, -0.2) is 0 Å². The van der Waals surface area contributed by atoms with Crippen LogP contribution in [0.4, 0.5) is 17.1 Å². The van der Waals surface area contributed by atoms with Gasteiger partial charge in [-0.15, -0.1) is 0 Å². The summed E-state index contributed by atoms with van der Waals surface area (Å²) in [6, 6.07) is 52.4. The predicted molar refractivity (Wildman–Crippen MR) is 232 cm³/mol. The molecule has 0 unspecified atom stereocenters. The molecule has 7 aromatic rings. The third-order valence-corrected chi connectivity index (χ3v) is 10.9. The Labute approximate surface area is 321 Å². The smallest absolute Gasteiger partial charge is 0.0429 e. The molecule has 0 saturated carbocycles. The Hall–Kier alpha value is -6.06. The lowest BCUT2D eigenvalue weighted by molar-refractivity contribution is 1.12. The molecule has 0 aliphatic carbocycles. The van der Waals surface area contributed by atoms with Crippen LogP contribution in [0.2, 0.25) is 0 Å². The van der Waals surface area contributed by atoms with Gasteiger partial charge in [0.15, 0.2) is 0 Å². The molecule has 0 amide bonds. The van der Waals surface area contributed by atoms with Crippen molar-refractivity contribution in [3.63, 3.8) is 0 Å². The maximum Gasteiger partial charge on any atom is 0.0429 e. The van der Waals surface area contributed by atoms with Gasteiger partial charge in [-0.1, -0.05) is 148 Å². The number of para-hydroxylation sites is 3. The maximum absolute atomic E-state index is 7.07. The molecular weight excluding hydrogens is 655 g/mol. The lowest BCUT2D eigenvalue weighted by Crippen LogP contribution is -2.01. The maximum atomic E-state index is 7.07. The lowest BCUT2D eigenvalue weighted by Gasteiger charge is -2.18. The minimum Gasteiger partial charge on any atom is -0.398 e. The quantitative estimate of drug-likeness (QED) is 0.111. The highest BCUT2D eigenvalue weighted by Gasteiger charge is 2.17. The summed E-state index contributed by atoms with van der Waals surface area (Å²) in [4.78, 5) is 0. The van der Waals surface area contributed by atoms with Crippen LogP contribution in [-0.2, 0) is 38.5 Å². The van der Waals surface area contributed by atoms with E-state index in [2.05, 4.69) is 166 Å². The minimum atomic E-state index is 0.763. The first-order valence-corrected chi connectivity index (χ1v) is 19.3. The highest BCUT2D eigenvalue weighted by atomic mass is 14.6. The van der Waals surface area contributed by atoms with E-state index in [-0.39, 0.29) is 0 Å². The second-order valence-corrected chi connectivity index (χ2v) is 14.5. The molecule has 0 aromatic heterocycles. The van der Waals surface area contributed by atoms with Crippen LogP contribution >= 0.6 is 0 Å². The van der Waals surface area contributed by atoms with Crippen molar-refractivity contribution in [2.45, 2.75) is 59.3 Å². The van der Waals surface area contributed by atoms with Crippen molar-refractivity contribution in [1.82, 2.24) is 0 Å². The molecule has 0 fully saturated rings. The van der Waals surface area contributed by atoms with E-state index in [1.807, 2.05) is 0 Å². The van der Waals surface area contributed by atoms with Gasteiger partial charge in [-0.05, 0) is 123 Å². The summed E-state index contributed by atoms with van der Waals surface area (Å²) in [6.45, 7) is 6.55. The monoisotopic (exact) mass is 705 g/mol. The fraction of sp³-hybridized carbons (Fsp3) is 0.176. The van der Waals surface area contributed by atoms with Crippen LogP contribution in [0.25, 0.3) is 33.4 Å². The molecule has 0 bridgehead atoms. The van der Waals surface area contributed by atoms with E-state index in [0.717, 1.165) is 106 Å². The van der Waals surface area contributed by atoms with Crippen LogP contribution in [0.15, 0.2) is 146 Å². The summed E-state index contributed by atoms with van der Waals surface area (Å²) in [5, 5.41) is 0. The fourth-order valence-electron chi connectivity index (χ4n) is 7.49. The Balaban J connectivity index is 1.33.